The Morgan fingerprint density at radius 3 is 2.06 bits per heavy atom. The minimum absolute atomic E-state index is 0.0128. The fourth-order valence-electron chi connectivity index (χ4n) is 6.02. The van der Waals surface area contributed by atoms with Crippen molar-refractivity contribution in [2.45, 2.75) is 77.5 Å². The molecule has 0 radical (unpaired) electrons. The van der Waals surface area contributed by atoms with Gasteiger partial charge >= 0.3 is 0 Å². The minimum Gasteiger partial charge on any atom is -0.300 e. The molecular formula is C31H37OP. The maximum absolute atomic E-state index is 12.6. The molecule has 0 unspecified atom stereocenters. The van der Waals surface area contributed by atoms with Gasteiger partial charge in [-0.15, -0.1) is 0 Å². The number of benzene rings is 3. The molecule has 2 heteroatoms. The van der Waals surface area contributed by atoms with Crippen LogP contribution in [0.2, 0.25) is 0 Å². The molecule has 3 aromatic rings. The number of hydrogen-bond donors (Lipinski definition) is 0. The Morgan fingerprint density at radius 2 is 1.42 bits per heavy atom. The Morgan fingerprint density at radius 1 is 0.818 bits per heavy atom. The molecule has 0 aromatic heterocycles. The predicted octanol–water partition coefficient (Wildman–Crippen LogP) is 7.84. The van der Waals surface area contributed by atoms with Crippen molar-refractivity contribution < 1.29 is 4.79 Å². The van der Waals surface area contributed by atoms with E-state index in [4.69, 9.17) is 0 Å². The highest BCUT2D eigenvalue weighted by molar-refractivity contribution is 7.69. The SMILES string of the molecule is CCc1cc(C)c(-c2ccccc2P2C(C)(C)CC(=O)CC2(C)C)c(Cc2ccccc2)c1. The Bertz CT molecular complexity index is 1140. The molecule has 0 bridgehead atoms. The van der Waals surface area contributed by atoms with Gasteiger partial charge in [-0.25, -0.2) is 0 Å². The van der Waals surface area contributed by atoms with Gasteiger partial charge in [0.25, 0.3) is 0 Å². The second-order valence-corrected chi connectivity index (χ2v) is 14.4. The van der Waals surface area contributed by atoms with Gasteiger partial charge in [-0.2, -0.15) is 0 Å². The van der Waals surface area contributed by atoms with Gasteiger partial charge in [0.2, 0.25) is 0 Å². The van der Waals surface area contributed by atoms with E-state index >= 15 is 0 Å². The van der Waals surface area contributed by atoms with Crippen LogP contribution in [-0.4, -0.2) is 16.1 Å². The average Bonchev–Trinajstić information content (AvgIpc) is 2.73. The highest BCUT2D eigenvalue weighted by Crippen LogP contribution is 2.65. The van der Waals surface area contributed by atoms with Crippen molar-refractivity contribution in [1.82, 2.24) is 0 Å². The van der Waals surface area contributed by atoms with E-state index in [1.807, 2.05) is 0 Å². The molecule has 0 saturated carbocycles. The lowest BCUT2D eigenvalue weighted by Crippen LogP contribution is -2.43. The summed E-state index contributed by atoms with van der Waals surface area (Å²) in [7, 11) is -0.541. The van der Waals surface area contributed by atoms with Crippen molar-refractivity contribution in [3.05, 3.63) is 89.0 Å². The Labute approximate surface area is 201 Å². The van der Waals surface area contributed by atoms with Gasteiger partial charge in [0.15, 0.2) is 0 Å². The van der Waals surface area contributed by atoms with Crippen molar-refractivity contribution in [1.29, 1.82) is 0 Å². The second kappa shape index (κ2) is 9.19. The molecule has 0 N–H and O–H groups in total. The van der Waals surface area contributed by atoms with Gasteiger partial charge in [-0.05, 0) is 68.8 Å². The Balaban J connectivity index is 1.92. The summed E-state index contributed by atoms with van der Waals surface area (Å²) >= 11 is 0. The summed E-state index contributed by atoms with van der Waals surface area (Å²) in [5, 5.41) is 1.43. The third kappa shape index (κ3) is 4.85. The first-order valence-electron chi connectivity index (χ1n) is 12.2. The highest BCUT2D eigenvalue weighted by atomic mass is 31.1. The third-order valence-electron chi connectivity index (χ3n) is 7.01. The summed E-state index contributed by atoms with van der Waals surface area (Å²) in [6.45, 7) is 13.8. The van der Waals surface area contributed by atoms with Crippen LogP contribution in [-0.2, 0) is 17.6 Å². The monoisotopic (exact) mass is 456 g/mol. The molecule has 4 rings (SSSR count). The molecule has 3 aromatic carbocycles. The van der Waals surface area contributed by atoms with Crippen LogP contribution < -0.4 is 5.30 Å². The zero-order valence-electron chi connectivity index (χ0n) is 21.0. The molecule has 1 heterocycles. The summed E-state index contributed by atoms with van der Waals surface area (Å²) in [4.78, 5) is 12.6. The van der Waals surface area contributed by atoms with Gasteiger partial charge in [0.1, 0.15) is 5.78 Å². The van der Waals surface area contributed by atoms with Crippen LogP contribution in [0.3, 0.4) is 0 Å². The number of rotatable bonds is 5. The topological polar surface area (TPSA) is 17.1 Å². The molecule has 33 heavy (non-hydrogen) atoms. The summed E-state index contributed by atoms with van der Waals surface area (Å²) in [6.07, 6.45) is 3.34. The quantitative estimate of drug-likeness (QED) is 0.357. The third-order valence-corrected chi connectivity index (χ3v) is 10.6. The lowest BCUT2D eigenvalue weighted by Gasteiger charge is -2.49. The van der Waals surface area contributed by atoms with Gasteiger partial charge in [0.05, 0.1) is 0 Å². The van der Waals surface area contributed by atoms with Crippen LogP contribution in [0.1, 0.15) is 69.7 Å². The number of ketones is 1. The minimum atomic E-state index is -0.541. The van der Waals surface area contributed by atoms with E-state index in [0.29, 0.717) is 18.6 Å². The number of carbonyl (C=O) groups is 1. The van der Waals surface area contributed by atoms with E-state index < -0.39 is 7.92 Å². The van der Waals surface area contributed by atoms with Gasteiger partial charge in [-0.3, -0.25) is 4.79 Å². The normalized spacial score (nSPS) is 17.8. The Kier molecular flexibility index (Phi) is 6.66. The van der Waals surface area contributed by atoms with E-state index in [2.05, 4.69) is 108 Å². The summed E-state index contributed by atoms with van der Waals surface area (Å²) in [6, 6.07) is 24.6. The molecule has 1 aliphatic rings. The summed E-state index contributed by atoms with van der Waals surface area (Å²) in [5.41, 5.74) is 8.26. The predicted molar refractivity (Wildman–Crippen MR) is 144 cm³/mol. The van der Waals surface area contributed by atoms with Crippen LogP contribution in [0.25, 0.3) is 11.1 Å². The molecule has 0 spiro atoms. The smallest absolute Gasteiger partial charge is 0.134 e. The second-order valence-electron chi connectivity index (χ2n) is 10.8. The van der Waals surface area contributed by atoms with E-state index in [9.17, 15) is 4.79 Å². The van der Waals surface area contributed by atoms with Crippen molar-refractivity contribution in [2.75, 3.05) is 0 Å². The number of Topliss-reactive ketones (excluding diaryl/α,β-unsaturated/α-hetero) is 1. The van der Waals surface area contributed by atoms with E-state index in [-0.39, 0.29) is 10.3 Å². The van der Waals surface area contributed by atoms with Crippen LogP contribution in [0.5, 0.6) is 0 Å². The highest BCUT2D eigenvalue weighted by Gasteiger charge is 2.48. The zero-order valence-corrected chi connectivity index (χ0v) is 21.9. The first-order valence-corrected chi connectivity index (χ1v) is 13.5. The lowest BCUT2D eigenvalue weighted by atomic mass is 9.89. The molecule has 1 saturated heterocycles. The zero-order chi connectivity index (χ0) is 23.8. The number of aryl methyl sites for hydroxylation is 2. The molecule has 1 nitrogen and oxygen atoms in total. The fourth-order valence-corrected chi connectivity index (χ4v) is 10.3. The van der Waals surface area contributed by atoms with Crippen LogP contribution in [0.4, 0.5) is 0 Å². The summed E-state index contributed by atoms with van der Waals surface area (Å²) < 4.78 is 0. The van der Waals surface area contributed by atoms with Crippen molar-refractivity contribution in [3.8, 4) is 11.1 Å². The first kappa shape index (κ1) is 23.9. The largest absolute Gasteiger partial charge is 0.300 e. The van der Waals surface area contributed by atoms with E-state index in [1.165, 1.54) is 38.7 Å². The van der Waals surface area contributed by atoms with Crippen molar-refractivity contribution >= 4 is 19.0 Å². The van der Waals surface area contributed by atoms with E-state index in [0.717, 1.165) is 12.8 Å². The fraction of sp³-hybridized carbons (Fsp3) is 0.387. The van der Waals surface area contributed by atoms with Crippen molar-refractivity contribution in [3.63, 3.8) is 0 Å². The van der Waals surface area contributed by atoms with Crippen LogP contribution in [0, 0.1) is 6.92 Å². The summed E-state index contributed by atoms with van der Waals surface area (Å²) in [5.74, 6) is 0.412. The molecule has 1 aliphatic heterocycles. The van der Waals surface area contributed by atoms with Crippen molar-refractivity contribution in [2.24, 2.45) is 0 Å². The molecule has 0 aliphatic carbocycles. The van der Waals surface area contributed by atoms with Gasteiger partial charge in [-0.1, -0.05) is 109 Å². The van der Waals surface area contributed by atoms with Crippen LogP contribution in [0.15, 0.2) is 66.7 Å². The average molecular weight is 457 g/mol. The Hall–Kier alpha value is -2.24. The maximum Gasteiger partial charge on any atom is 0.134 e. The number of carbonyl (C=O) groups excluding carboxylic acids is 1. The molecule has 0 atom stereocenters. The molecular weight excluding hydrogens is 419 g/mol. The number of hydrogen-bond acceptors (Lipinski definition) is 1. The molecule has 172 valence electrons. The molecule has 0 amide bonds. The van der Waals surface area contributed by atoms with Gasteiger partial charge < -0.3 is 0 Å². The standard InChI is InChI=1S/C31H37OP/c1-7-23-17-22(2)29(25(18-23)19-24-13-9-8-10-14-24)27-15-11-12-16-28(27)33-30(3,4)20-26(32)21-31(33,5)6/h8-18H,7,19-21H2,1-6H3. The van der Waals surface area contributed by atoms with E-state index in [1.54, 1.807) is 0 Å². The van der Waals surface area contributed by atoms with Gasteiger partial charge in [0, 0.05) is 12.8 Å². The van der Waals surface area contributed by atoms with Crippen LogP contribution >= 0.6 is 7.92 Å². The maximum atomic E-state index is 12.6. The lowest BCUT2D eigenvalue weighted by molar-refractivity contribution is -0.120. The molecule has 1 fully saturated rings. The first-order chi connectivity index (χ1) is 15.6.